The quantitative estimate of drug-likeness (QED) is 0.799. The van der Waals surface area contributed by atoms with Gasteiger partial charge in [-0.15, -0.1) is 13.2 Å². The molecule has 1 aliphatic heterocycles. The van der Waals surface area contributed by atoms with Gasteiger partial charge in [0.1, 0.15) is 0 Å². The van der Waals surface area contributed by atoms with Gasteiger partial charge in [-0.25, -0.2) is 4.79 Å². The van der Waals surface area contributed by atoms with Crippen LogP contribution >= 0.6 is 0 Å². The van der Waals surface area contributed by atoms with Crippen LogP contribution in [0.5, 0.6) is 5.75 Å². The highest BCUT2D eigenvalue weighted by Crippen LogP contribution is 2.32. The van der Waals surface area contributed by atoms with Crippen molar-refractivity contribution in [2.75, 3.05) is 18.4 Å². The van der Waals surface area contributed by atoms with E-state index in [2.05, 4.69) is 10.1 Å². The van der Waals surface area contributed by atoms with Gasteiger partial charge in [-0.05, 0) is 36.5 Å². The van der Waals surface area contributed by atoms with E-state index in [1.54, 1.807) is 0 Å². The highest BCUT2D eigenvalue weighted by atomic mass is 19.4. The third kappa shape index (κ3) is 5.16. The number of hydrogen-bond acceptors (Lipinski definition) is 3. The fourth-order valence-corrected chi connectivity index (χ4v) is 3.32. The number of para-hydroxylation sites is 2. The van der Waals surface area contributed by atoms with Crippen molar-refractivity contribution in [1.82, 2.24) is 4.90 Å². The van der Waals surface area contributed by atoms with Crippen molar-refractivity contribution in [3.05, 3.63) is 60.2 Å². The van der Waals surface area contributed by atoms with Crippen molar-refractivity contribution in [2.24, 2.45) is 5.92 Å². The number of urea groups is 1. The summed E-state index contributed by atoms with van der Waals surface area (Å²) in [6.45, 7) is 0.811. The molecule has 2 aromatic rings. The van der Waals surface area contributed by atoms with Crippen LogP contribution in [0, 0.1) is 5.92 Å². The summed E-state index contributed by atoms with van der Waals surface area (Å²) in [6.07, 6.45) is -4.24. The molecule has 1 saturated heterocycles. The number of anilines is 1. The van der Waals surface area contributed by atoms with Crippen molar-refractivity contribution in [2.45, 2.75) is 25.3 Å². The molecule has 0 saturated carbocycles. The number of carbonyl (C=O) groups excluding carboxylic acids is 1. The molecule has 150 valence electrons. The summed E-state index contributed by atoms with van der Waals surface area (Å²) < 4.78 is 41.5. The second-order valence-corrected chi connectivity index (χ2v) is 6.65. The Morgan fingerprint density at radius 2 is 1.68 bits per heavy atom. The van der Waals surface area contributed by atoms with Gasteiger partial charge in [0.15, 0.2) is 5.75 Å². The lowest BCUT2D eigenvalue weighted by Gasteiger charge is -2.34. The Kier molecular flexibility index (Phi) is 6.08. The molecule has 1 atom stereocenters. The van der Waals surface area contributed by atoms with E-state index in [0.29, 0.717) is 25.9 Å². The second-order valence-electron chi connectivity index (χ2n) is 6.65. The van der Waals surface area contributed by atoms with Crippen LogP contribution in [0.2, 0.25) is 0 Å². The monoisotopic (exact) mass is 394 g/mol. The Balaban J connectivity index is 1.58. The molecule has 0 unspecified atom stereocenters. The first-order chi connectivity index (χ1) is 13.3. The van der Waals surface area contributed by atoms with Crippen LogP contribution in [0.1, 0.15) is 24.5 Å². The number of likely N-dealkylation sites (tertiary alicyclic amines) is 1. The summed E-state index contributed by atoms with van der Waals surface area (Å²) in [5, 5.41) is 13.0. The Labute approximate surface area is 160 Å². The standard InChI is InChI=1S/C20H21F3N2O3/c21-20(22,23)28-17-9-5-4-8-16(17)24-19(27)25-12-10-15(11-13-25)18(26)14-6-2-1-3-7-14/h1-9,15,18,26H,10-13H2,(H,24,27)/t18-/m1/s1. The van der Waals surface area contributed by atoms with Crippen molar-refractivity contribution in [3.63, 3.8) is 0 Å². The normalized spacial score (nSPS) is 16.5. The lowest BCUT2D eigenvalue weighted by molar-refractivity contribution is -0.274. The number of nitrogens with zero attached hydrogens (tertiary/aromatic N) is 1. The van der Waals surface area contributed by atoms with Gasteiger partial charge in [0.2, 0.25) is 0 Å². The van der Waals surface area contributed by atoms with Crippen molar-refractivity contribution in [1.29, 1.82) is 0 Å². The van der Waals surface area contributed by atoms with Gasteiger partial charge < -0.3 is 20.1 Å². The molecule has 1 heterocycles. The summed E-state index contributed by atoms with van der Waals surface area (Å²) in [5.74, 6) is -0.440. The number of ether oxygens (including phenoxy) is 1. The van der Waals surface area contributed by atoms with E-state index < -0.39 is 24.2 Å². The number of piperidine rings is 1. The predicted octanol–water partition coefficient (Wildman–Crippen LogP) is 4.56. The van der Waals surface area contributed by atoms with E-state index >= 15 is 0 Å². The van der Waals surface area contributed by atoms with E-state index in [-0.39, 0.29) is 11.6 Å². The van der Waals surface area contributed by atoms with Gasteiger partial charge in [0.05, 0.1) is 11.8 Å². The van der Waals surface area contributed by atoms with Crippen LogP contribution in [0.15, 0.2) is 54.6 Å². The SMILES string of the molecule is O=C(Nc1ccccc1OC(F)(F)F)N1CCC([C@H](O)c2ccccc2)CC1. The minimum absolute atomic E-state index is 0.0206. The number of alkyl halides is 3. The number of halogens is 3. The van der Waals surface area contributed by atoms with E-state index in [9.17, 15) is 23.1 Å². The molecule has 1 aliphatic rings. The molecular formula is C20H21F3N2O3. The van der Waals surface area contributed by atoms with Crippen LogP contribution in [0.25, 0.3) is 0 Å². The van der Waals surface area contributed by atoms with Crippen molar-refractivity contribution >= 4 is 11.7 Å². The van der Waals surface area contributed by atoms with Crippen LogP contribution < -0.4 is 10.1 Å². The van der Waals surface area contributed by atoms with Crippen LogP contribution in [0.4, 0.5) is 23.7 Å². The lowest BCUT2D eigenvalue weighted by atomic mass is 9.87. The molecule has 5 nitrogen and oxygen atoms in total. The van der Waals surface area contributed by atoms with Gasteiger partial charge >= 0.3 is 12.4 Å². The van der Waals surface area contributed by atoms with E-state index in [0.717, 1.165) is 11.6 Å². The highest BCUT2D eigenvalue weighted by Gasteiger charge is 2.33. The molecule has 8 heteroatoms. The van der Waals surface area contributed by atoms with Gasteiger partial charge in [-0.1, -0.05) is 42.5 Å². The summed E-state index contributed by atoms with van der Waals surface area (Å²) >= 11 is 0. The zero-order chi connectivity index (χ0) is 20.1. The Bertz CT molecular complexity index is 791. The molecule has 28 heavy (non-hydrogen) atoms. The molecule has 0 aliphatic carbocycles. The molecule has 0 radical (unpaired) electrons. The number of benzene rings is 2. The molecule has 2 amide bonds. The fourth-order valence-electron chi connectivity index (χ4n) is 3.32. The topological polar surface area (TPSA) is 61.8 Å². The molecule has 2 aromatic carbocycles. The maximum atomic E-state index is 12.5. The largest absolute Gasteiger partial charge is 0.573 e. The number of nitrogens with one attached hydrogen (secondary N) is 1. The molecule has 2 N–H and O–H groups in total. The molecule has 0 spiro atoms. The molecule has 0 bridgehead atoms. The number of amides is 2. The van der Waals surface area contributed by atoms with Crippen LogP contribution in [-0.2, 0) is 0 Å². The molecule has 0 aromatic heterocycles. The molecule has 1 fully saturated rings. The van der Waals surface area contributed by atoms with Crippen molar-refractivity contribution < 1.29 is 27.8 Å². The summed E-state index contributed by atoms with van der Waals surface area (Å²) in [6, 6.07) is 14.2. The number of aliphatic hydroxyl groups is 1. The van der Waals surface area contributed by atoms with Crippen LogP contribution in [-0.4, -0.2) is 35.5 Å². The number of hydrogen-bond donors (Lipinski definition) is 2. The zero-order valence-corrected chi connectivity index (χ0v) is 15.0. The fraction of sp³-hybridized carbons (Fsp3) is 0.350. The summed E-state index contributed by atoms with van der Waals surface area (Å²) in [7, 11) is 0. The van der Waals surface area contributed by atoms with Gasteiger partial charge in [-0.3, -0.25) is 0 Å². The van der Waals surface area contributed by atoms with Crippen LogP contribution in [0.3, 0.4) is 0 Å². The second kappa shape index (κ2) is 8.52. The average molecular weight is 394 g/mol. The van der Waals surface area contributed by atoms with Crippen molar-refractivity contribution in [3.8, 4) is 5.75 Å². The highest BCUT2D eigenvalue weighted by molar-refractivity contribution is 5.91. The first-order valence-electron chi connectivity index (χ1n) is 8.97. The first kappa shape index (κ1) is 20.0. The Morgan fingerprint density at radius 1 is 1.07 bits per heavy atom. The predicted molar refractivity (Wildman–Crippen MR) is 97.8 cm³/mol. The Hall–Kier alpha value is -2.74. The van der Waals surface area contributed by atoms with Gasteiger partial charge in [-0.2, -0.15) is 0 Å². The third-order valence-corrected chi connectivity index (χ3v) is 4.77. The maximum Gasteiger partial charge on any atom is 0.573 e. The first-order valence-corrected chi connectivity index (χ1v) is 8.97. The molecule has 3 rings (SSSR count). The van der Waals surface area contributed by atoms with E-state index in [4.69, 9.17) is 0 Å². The van der Waals surface area contributed by atoms with E-state index in [1.165, 1.54) is 23.1 Å². The molecular weight excluding hydrogens is 373 g/mol. The lowest BCUT2D eigenvalue weighted by Crippen LogP contribution is -2.42. The maximum absolute atomic E-state index is 12.5. The van der Waals surface area contributed by atoms with Gasteiger partial charge in [0.25, 0.3) is 0 Å². The van der Waals surface area contributed by atoms with E-state index in [1.807, 2.05) is 30.3 Å². The summed E-state index contributed by atoms with van der Waals surface area (Å²) in [4.78, 5) is 14.0. The average Bonchev–Trinajstić information content (AvgIpc) is 2.68. The Morgan fingerprint density at radius 3 is 2.32 bits per heavy atom. The summed E-state index contributed by atoms with van der Waals surface area (Å²) in [5.41, 5.74) is 0.792. The van der Waals surface area contributed by atoms with Gasteiger partial charge in [0, 0.05) is 13.1 Å². The smallest absolute Gasteiger partial charge is 0.404 e. The third-order valence-electron chi connectivity index (χ3n) is 4.77. The zero-order valence-electron chi connectivity index (χ0n) is 15.0. The number of carbonyl (C=O) groups is 1. The minimum atomic E-state index is -4.84. The number of rotatable bonds is 4. The number of aliphatic hydroxyl groups excluding tert-OH is 1. The minimum Gasteiger partial charge on any atom is -0.404 e.